The lowest BCUT2D eigenvalue weighted by molar-refractivity contribution is 0.102. The molecule has 5 nitrogen and oxygen atoms in total. The third-order valence-electron chi connectivity index (χ3n) is 1.92. The number of carbonyl (C=O) groups excluding carboxylic acids is 1. The van der Waals surface area contributed by atoms with Crippen LogP contribution in [0.2, 0.25) is 10.3 Å². The van der Waals surface area contributed by atoms with Gasteiger partial charge in [-0.25, -0.2) is 4.98 Å². The maximum atomic E-state index is 11.9. The smallest absolute Gasteiger partial charge is 0.260 e. The van der Waals surface area contributed by atoms with Gasteiger partial charge in [0.1, 0.15) is 10.4 Å². The van der Waals surface area contributed by atoms with Crippen LogP contribution in [0.1, 0.15) is 10.4 Å². The topological polar surface area (TPSA) is 67.8 Å². The van der Waals surface area contributed by atoms with Crippen LogP contribution in [-0.2, 0) is 0 Å². The minimum Gasteiger partial charge on any atom is -0.306 e. The van der Waals surface area contributed by atoms with Gasteiger partial charge in [-0.05, 0) is 34.1 Å². The summed E-state index contributed by atoms with van der Waals surface area (Å²) >= 11 is 14.6. The van der Waals surface area contributed by atoms with Crippen LogP contribution in [-0.4, -0.2) is 21.1 Å². The Balaban J connectivity index is 2.24. The van der Waals surface area contributed by atoms with Crippen molar-refractivity contribution >= 4 is 50.9 Å². The molecule has 0 radical (unpaired) electrons. The number of hydrogen-bond donors (Lipinski definition) is 1. The molecule has 2 aromatic rings. The Hall–Kier alpha value is -1.24. The number of rotatable bonds is 2. The van der Waals surface area contributed by atoms with Crippen molar-refractivity contribution in [3.8, 4) is 0 Å². The molecule has 18 heavy (non-hydrogen) atoms. The van der Waals surface area contributed by atoms with E-state index in [0.717, 1.165) is 0 Å². The van der Waals surface area contributed by atoms with Crippen LogP contribution < -0.4 is 5.32 Å². The number of hydrogen-bond acceptors (Lipinski definition) is 4. The number of pyridine rings is 1. The summed E-state index contributed by atoms with van der Waals surface area (Å²) in [7, 11) is 0. The first-order valence-electron chi connectivity index (χ1n) is 4.69. The second-order valence-corrected chi connectivity index (χ2v) is 4.73. The van der Waals surface area contributed by atoms with Gasteiger partial charge in [0.2, 0.25) is 0 Å². The molecule has 0 aromatic carbocycles. The molecule has 0 spiro atoms. The number of anilines is 1. The first-order valence-corrected chi connectivity index (χ1v) is 6.24. The van der Waals surface area contributed by atoms with Crippen LogP contribution in [0.5, 0.6) is 0 Å². The second-order valence-electron chi connectivity index (χ2n) is 3.17. The Labute approximate surface area is 121 Å². The van der Waals surface area contributed by atoms with Gasteiger partial charge in [0.25, 0.3) is 5.91 Å². The largest absolute Gasteiger partial charge is 0.306 e. The molecule has 2 aromatic heterocycles. The van der Waals surface area contributed by atoms with Gasteiger partial charge >= 0.3 is 0 Å². The predicted octanol–water partition coefficient (Wildman–Crippen LogP) is 3.19. The first-order chi connectivity index (χ1) is 8.56. The molecular weight excluding hydrogens is 343 g/mol. The van der Waals surface area contributed by atoms with Gasteiger partial charge in [0.15, 0.2) is 10.3 Å². The summed E-state index contributed by atoms with van der Waals surface area (Å²) < 4.78 is 0.609. The maximum absolute atomic E-state index is 11.9. The molecule has 8 heteroatoms. The van der Waals surface area contributed by atoms with Crippen molar-refractivity contribution in [2.24, 2.45) is 0 Å². The van der Waals surface area contributed by atoms with Crippen molar-refractivity contribution in [1.82, 2.24) is 15.2 Å². The summed E-state index contributed by atoms with van der Waals surface area (Å²) in [5, 5.41) is 9.72. The van der Waals surface area contributed by atoms with E-state index in [1.165, 1.54) is 6.07 Å². The fourth-order valence-electron chi connectivity index (χ4n) is 1.17. The lowest BCUT2D eigenvalue weighted by Gasteiger charge is -2.05. The Morgan fingerprint density at radius 1 is 1.28 bits per heavy atom. The van der Waals surface area contributed by atoms with Gasteiger partial charge in [0, 0.05) is 0 Å². The average molecular weight is 348 g/mol. The van der Waals surface area contributed by atoms with E-state index in [2.05, 4.69) is 36.4 Å². The molecule has 0 saturated carbocycles. The Kier molecular flexibility index (Phi) is 4.11. The first kappa shape index (κ1) is 13.2. The number of carbonyl (C=O) groups is 1. The molecule has 2 heterocycles. The number of nitrogens with one attached hydrogen (secondary N) is 1. The highest BCUT2D eigenvalue weighted by atomic mass is 79.9. The lowest BCUT2D eigenvalue weighted by atomic mass is 10.3. The fourth-order valence-corrected chi connectivity index (χ4v) is 1.84. The minimum atomic E-state index is -0.456. The van der Waals surface area contributed by atoms with Crippen LogP contribution in [0.3, 0.4) is 0 Å². The monoisotopic (exact) mass is 346 g/mol. The molecule has 0 fully saturated rings. The normalized spacial score (nSPS) is 10.2. The van der Waals surface area contributed by atoms with Crippen LogP contribution >= 0.6 is 39.1 Å². The zero-order chi connectivity index (χ0) is 13.1. The highest BCUT2D eigenvalue weighted by Gasteiger charge is 2.13. The molecule has 92 valence electrons. The van der Waals surface area contributed by atoms with Gasteiger partial charge in [0.05, 0.1) is 5.56 Å². The number of amides is 1. The number of halogens is 3. The number of nitrogens with zero attached hydrogens (tertiary/aromatic N) is 3. The van der Waals surface area contributed by atoms with E-state index >= 15 is 0 Å². The summed E-state index contributed by atoms with van der Waals surface area (Å²) in [5.41, 5.74) is 0.137. The Morgan fingerprint density at radius 3 is 2.78 bits per heavy atom. The summed E-state index contributed by atoms with van der Waals surface area (Å²) in [6.45, 7) is 0. The van der Waals surface area contributed by atoms with Crippen molar-refractivity contribution in [3.05, 3.63) is 44.7 Å². The van der Waals surface area contributed by atoms with Crippen molar-refractivity contribution in [1.29, 1.82) is 0 Å². The summed E-state index contributed by atoms with van der Waals surface area (Å²) in [6, 6.07) is 6.47. The molecule has 2 rings (SSSR count). The van der Waals surface area contributed by atoms with Gasteiger partial charge in [-0.2, -0.15) is 0 Å². The highest BCUT2D eigenvalue weighted by molar-refractivity contribution is 9.10. The molecule has 0 aliphatic rings. The molecule has 0 unspecified atom stereocenters. The third kappa shape index (κ3) is 3.16. The summed E-state index contributed by atoms with van der Waals surface area (Å²) in [6.07, 6.45) is 0. The van der Waals surface area contributed by atoms with Crippen molar-refractivity contribution in [2.45, 2.75) is 0 Å². The third-order valence-corrected chi connectivity index (χ3v) is 2.83. The van der Waals surface area contributed by atoms with Crippen LogP contribution in [0, 0.1) is 0 Å². The highest BCUT2D eigenvalue weighted by Crippen LogP contribution is 2.17. The fraction of sp³-hybridized carbons (Fsp3) is 0. The van der Waals surface area contributed by atoms with Crippen LogP contribution in [0.4, 0.5) is 5.82 Å². The average Bonchev–Trinajstić information content (AvgIpc) is 2.32. The SMILES string of the molecule is O=C(Nc1cccc(Br)n1)c1cc(Cl)nnc1Cl. The van der Waals surface area contributed by atoms with Crippen molar-refractivity contribution in [2.75, 3.05) is 5.32 Å². The molecule has 0 saturated heterocycles. The second kappa shape index (κ2) is 5.60. The molecular formula is C10H5BrCl2N4O. The van der Waals surface area contributed by atoms with Crippen LogP contribution in [0.25, 0.3) is 0 Å². The maximum Gasteiger partial charge on any atom is 0.260 e. The molecule has 0 aliphatic heterocycles. The van der Waals surface area contributed by atoms with E-state index in [1.54, 1.807) is 18.2 Å². The van der Waals surface area contributed by atoms with Gasteiger partial charge < -0.3 is 5.32 Å². The predicted molar refractivity (Wildman–Crippen MR) is 71.9 cm³/mol. The molecule has 1 amide bonds. The van der Waals surface area contributed by atoms with E-state index in [1.807, 2.05) is 0 Å². The summed E-state index contributed by atoms with van der Waals surface area (Å²) in [5.74, 6) is -0.0687. The minimum absolute atomic E-state index is 0.0214. The molecule has 0 bridgehead atoms. The zero-order valence-corrected chi connectivity index (χ0v) is 11.8. The van der Waals surface area contributed by atoms with Gasteiger partial charge in [-0.1, -0.05) is 29.3 Å². The zero-order valence-electron chi connectivity index (χ0n) is 8.69. The summed E-state index contributed by atoms with van der Waals surface area (Å²) in [4.78, 5) is 16.0. The quantitative estimate of drug-likeness (QED) is 0.847. The van der Waals surface area contributed by atoms with Crippen molar-refractivity contribution in [3.63, 3.8) is 0 Å². The van der Waals surface area contributed by atoms with E-state index in [-0.39, 0.29) is 15.9 Å². The van der Waals surface area contributed by atoms with Gasteiger partial charge in [-0.3, -0.25) is 4.79 Å². The van der Waals surface area contributed by atoms with Gasteiger partial charge in [-0.15, -0.1) is 10.2 Å². The Morgan fingerprint density at radius 2 is 2.06 bits per heavy atom. The molecule has 1 N–H and O–H groups in total. The Bertz CT molecular complexity index is 608. The van der Waals surface area contributed by atoms with E-state index < -0.39 is 5.91 Å². The van der Waals surface area contributed by atoms with E-state index in [4.69, 9.17) is 23.2 Å². The molecule has 0 atom stereocenters. The van der Waals surface area contributed by atoms with Crippen molar-refractivity contribution < 1.29 is 4.79 Å². The molecule has 0 aliphatic carbocycles. The van der Waals surface area contributed by atoms with E-state index in [9.17, 15) is 4.79 Å². The van der Waals surface area contributed by atoms with E-state index in [0.29, 0.717) is 10.4 Å². The number of aromatic nitrogens is 3. The standard InChI is InChI=1S/C10H5BrCl2N4O/c11-6-2-1-3-8(14-6)15-10(18)5-4-7(12)16-17-9(5)13/h1-4H,(H,14,15,18). The lowest BCUT2D eigenvalue weighted by Crippen LogP contribution is -2.14. The van der Waals surface area contributed by atoms with Crippen LogP contribution in [0.15, 0.2) is 28.9 Å².